The molecule has 0 atom stereocenters. The van der Waals surface area contributed by atoms with Gasteiger partial charge >= 0.3 is 0 Å². The zero-order valence-corrected chi connectivity index (χ0v) is 11.0. The zero-order chi connectivity index (χ0) is 12.3. The van der Waals surface area contributed by atoms with Crippen molar-refractivity contribution in [1.82, 2.24) is 4.98 Å². The average molecular weight is 249 g/mol. The molecule has 0 aliphatic heterocycles. The Labute approximate surface area is 107 Å². The molecule has 1 N–H and O–H groups in total. The van der Waals surface area contributed by atoms with Gasteiger partial charge in [-0.15, -0.1) is 0 Å². The van der Waals surface area contributed by atoms with Crippen molar-refractivity contribution in [3.8, 4) is 0 Å². The van der Waals surface area contributed by atoms with Crippen molar-refractivity contribution in [1.29, 1.82) is 0 Å². The van der Waals surface area contributed by atoms with Crippen LogP contribution in [0.25, 0.3) is 10.9 Å². The van der Waals surface area contributed by atoms with E-state index in [1.54, 1.807) is 0 Å². The molecule has 0 aliphatic rings. The van der Waals surface area contributed by atoms with Gasteiger partial charge < -0.3 is 5.32 Å². The number of benzene rings is 1. The summed E-state index contributed by atoms with van der Waals surface area (Å²) in [5, 5.41) is 5.29. The second-order valence-electron chi connectivity index (χ2n) is 4.10. The summed E-state index contributed by atoms with van der Waals surface area (Å²) in [6.07, 6.45) is 2.05. The minimum Gasteiger partial charge on any atom is -0.384 e. The van der Waals surface area contributed by atoms with E-state index in [1.165, 1.54) is 0 Å². The molecule has 3 heteroatoms. The molecule has 2 nitrogen and oxygen atoms in total. The number of rotatable bonds is 4. The van der Waals surface area contributed by atoms with Gasteiger partial charge in [0.25, 0.3) is 0 Å². The molecule has 1 aromatic heterocycles. The smallest absolute Gasteiger partial charge is 0.0727 e. The van der Waals surface area contributed by atoms with Crippen molar-refractivity contribution >= 4 is 28.2 Å². The summed E-state index contributed by atoms with van der Waals surface area (Å²) in [4.78, 5) is 4.60. The van der Waals surface area contributed by atoms with Gasteiger partial charge in [0.1, 0.15) is 0 Å². The topological polar surface area (TPSA) is 24.9 Å². The Morgan fingerprint density at radius 2 is 2.06 bits per heavy atom. The monoisotopic (exact) mass is 248 g/mol. The quantitative estimate of drug-likeness (QED) is 0.874. The minimum atomic E-state index is 0.753. The van der Waals surface area contributed by atoms with E-state index in [9.17, 15) is 0 Å². The van der Waals surface area contributed by atoms with E-state index in [2.05, 4.69) is 30.2 Å². The van der Waals surface area contributed by atoms with Crippen molar-refractivity contribution in [3.63, 3.8) is 0 Å². The molecule has 0 unspecified atom stereocenters. The number of hydrogen-bond donors (Lipinski definition) is 1. The number of nitrogens with one attached hydrogen (secondary N) is 1. The summed E-state index contributed by atoms with van der Waals surface area (Å²) >= 11 is 6.04. The highest BCUT2D eigenvalue weighted by Crippen LogP contribution is 2.26. The van der Waals surface area contributed by atoms with Crippen molar-refractivity contribution < 1.29 is 0 Å². The third-order valence-corrected chi connectivity index (χ3v) is 2.99. The van der Waals surface area contributed by atoms with Gasteiger partial charge in [-0.1, -0.05) is 25.4 Å². The lowest BCUT2D eigenvalue weighted by atomic mass is 10.1. The van der Waals surface area contributed by atoms with Gasteiger partial charge in [-0.25, -0.2) is 0 Å². The first-order valence-electron chi connectivity index (χ1n) is 6.07. The number of aryl methyl sites for hydroxylation is 1. The maximum atomic E-state index is 6.04. The van der Waals surface area contributed by atoms with E-state index in [4.69, 9.17) is 11.6 Å². The molecule has 0 radical (unpaired) electrons. The first-order valence-corrected chi connectivity index (χ1v) is 6.45. The SMILES string of the molecule is CCCNc1cc(CC)nc2ccc(Cl)cc12. The molecule has 2 aromatic rings. The molecule has 2 rings (SSSR count). The molecule has 0 amide bonds. The molecule has 90 valence electrons. The van der Waals surface area contributed by atoms with Crippen molar-refractivity contribution in [2.45, 2.75) is 26.7 Å². The van der Waals surface area contributed by atoms with E-state index in [1.807, 2.05) is 18.2 Å². The fourth-order valence-corrected chi connectivity index (χ4v) is 2.01. The Balaban J connectivity index is 2.55. The van der Waals surface area contributed by atoms with E-state index < -0.39 is 0 Å². The van der Waals surface area contributed by atoms with E-state index in [0.29, 0.717) is 0 Å². The van der Waals surface area contributed by atoms with Crippen LogP contribution in [-0.4, -0.2) is 11.5 Å². The highest BCUT2D eigenvalue weighted by Gasteiger charge is 2.05. The summed E-state index contributed by atoms with van der Waals surface area (Å²) in [5.74, 6) is 0. The maximum Gasteiger partial charge on any atom is 0.0727 e. The van der Waals surface area contributed by atoms with Gasteiger partial charge in [-0.2, -0.15) is 0 Å². The highest BCUT2D eigenvalue weighted by molar-refractivity contribution is 6.31. The maximum absolute atomic E-state index is 6.04. The Kier molecular flexibility index (Phi) is 3.85. The van der Waals surface area contributed by atoms with Crippen LogP contribution in [-0.2, 0) is 6.42 Å². The van der Waals surface area contributed by atoms with Crippen LogP contribution in [0.1, 0.15) is 26.0 Å². The molecule has 0 spiro atoms. The number of halogens is 1. The minimum absolute atomic E-state index is 0.753. The molecule has 17 heavy (non-hydrogen) atoms. The molecule has 0 aliphatic carbocycles. The number of fused-ring (bicyclic) bond motifs is 1. The molecule has 0 fully saturated rings. The Morgan fingerprint density at radius 1 is 1.24 bits per heavy atom. The average Bonchev–Trinajstić information content (AvgIpc) is 2.35. The van der Waals surface area contributed by atoms with Gasteiger partial charge in [0.05, 0.1) is 5.52 Å². The summed E-state index contributed by atoms with van der Waals surface area (Å²) in [6, 6.07) is 7.96. The number of pyridine rings is 1. The van der Waals surface area contributed by atoms with Crippen LogP contribution in [0, 0.1) is 0 Å². The number of aromatic nitrogens is 1. The van der Waals surface area contributed by atoms with E-state index >= 15 is 0 Å². The lowest BCUT2D eigenvalue weighted by Gasteiger charge is -2.11. The van der Waals surface area contributed by atoms with Crippen LogP contribution >= 0.6 is 11.6 Å². The summed E-state index contributed by atoms with van der Waals surface area (Å²) in [5.41, 5.74) is 3.25. The van der Waals surface area contributed by atoms with Gasteiger partial charge in [0, 0.05) is 28.3 Å². The van der Waals surface area contributed by atoms with Crippen LogP contribution in [0.4, 0.5) is 5.69 Å². The Hall–Kier alpha value is -1.28. The van der Waals surface area contributed by atoms with Gasteiger partial charge in [0.15, 0.2) is 0 Å². The normalized spacial score (nSPS) is 10.8. The number of nitrogens with zero attached hydrogens (tertiary/aromatic N) is 1. The summed E-state index contributed by atoms with van der Waals surface area (Å²) in [7, 11) is 0. The van der Waals surface area contributed by atoms with Gasteiger partial charge in [0.2, 0.25) is 0 Å². The van der Waals surface area contributed by atoms with Crippen molar-refractivity contribution in [2.75, 3.05) is 11.9 Å². The predicted octanol–water partition coefficient (Wildman–Crippen LogP) is 4.27. The third-order valence-electron chi connectivity index (χ3n) is 2.75. The van der Waals surface area contributed by atoms with E-state index in [0.717, 1.165) is 46.7 Å². The standard InChI is InChI=1S/C14H17ClN2/c1-3-7-16-14-9-11(4-2)17-13-6-5-10(15)8-12(13)14/h5-6,8-9H,3-4,7H2,1-2H3,(H,16,17). The molecule has 0 bridgehead atoms. The summed E-state index contributed by atoms with van der Waals surface area (Å²) in [6.45, 7) is 5.24. The summed E-state index contributed by atoms with van der Waals surface area (Å²) < 4.78 is 0. The lowest BCUT2D eigenvalue weighted by molar-refractivity contribution is 0.977. The van der Waals surface area contributed by atoms with Gasteiger partial charge in [-0.3, -0.25) is 4.98 Å². The Morgan fingerprint density at radius 3 is 2.76 bits per heavy atom. The van der Waals surface area contributed by atoms with Crippen LogP contribution in [0.5, 0.6) is 0 Å². The zero-order valence-electron chi connectivity index (χ0n) is 10.3. The third kappa shape index (κ3) is 2.70. The number of hydrogen-bond acceptors (Lipinski definition) is 2. The Bertz CT molecular complexity index is 523. The number of anilines is 1. The molecule has 0 saturated heterocycles. The second kappa shape index (κ2) is 5.37. The predicted molar refractivity (Wildman–Crippen MR) is 74.9 cm³/mol. The van der Waals surface area contributed by atoms with Crippen LogP contribution in [0.2, 0.25) is 5.02 Å². The molecule has 0 saturated carbocycles. The second-order valence-corrected chi connectivity index (χ2v) is 4.54. The molecular formula is C14H17ClN2. The van der Waals surface area contributed by atoms with Crippen LogP contribution in [0.3, 0.4) is 0 Å². The fraction of sp³-hybridized carbons (Fsp3) is 0.357. The lowest BCUT2D eigenvalue weighted by Crippen LogP contribution is -2.02. The van der Waals surface area contributed by atoms with Crippen LogP contribution < -0.4 is 5.32 Å². The fourth-order valence-electron chi connectivity index (χ4n) is 1.84. The van der Waals surface area contributed by atoms with Crippen LogP contribution in [0.15, 0.2) is 24.3 Å². The molecule has 1 heterocycles. The first-order chi connectivity index (χ1) is 8.24. The molecular weight excluding hydrogens is 232 g/mol. The van der Waals surface area contributed by atoms with Crippen molar-refractivity contribution in [2.24, 2.45) is 0 Å². The molecule has 1 aromatic carbocycles. The van der Waals surface area contributed by atoms with E-state index in [-0.39, 0.29) is 0 Å². The first kappa shape index (κ1) is 12.2. The van der Waals surface area contributed by atoms with Crippen molar-refractivity contribution in [3.05, 3.63) is 35.0 Å². The highest BCUT2D eigenvalue weighted by atomic mass is 35.5. The van der Waals surface area contributed by atoms with Gasteiger partial charge in [-0.05, 0) is 37.1 Å². The largest absolute Gasteiger partial charge is 0.384 e.